The first-order valence-corrected chi connectivity index (χ1v) is 7.11. The van der Waals surface area contributed by atoms with Crippen molar-refractivity contribution in [3.8, 4) is 0 Å². The predicted octanol–water partition coefficient (Wildman–Crippen LogP) is 2.84. The highest BCUT2D eigenvalue weighted by molar-refractivity contribution is 5.06. The third kappa shape index (κ3) is 1.70. The Hall–Kier alpha value is -0.0800. The largest absolute Gasteiger partial charge is 0.389 e. The molecule has 0 spiro atoms. The monoisotopic (exact) mass is 225 g/mol. The smallest absolute Gasteiger partial charge is 0.0743 e. The second-order valence-corrected chi connectivity index (χ2v) is 5.97. The zero-order chi connectivity index (χ0) is 11.6. The second-order valence-electron chi connectivity index (χ2n) is 5.97. The van der Waals surface area contributed by atoms with Crippen LogP contribution in [0.15, 0.2) is 0 Å². The summed E-state index contributed by atoms with van der Waals surface area (Å²) < 4.78 is 0. The van der Waals surface area contributed by atoms with Gasteiger partial charge in [0.1, 0.15) is 0 Å². The zero-order valence-electron chi connectivity index (χ0n) is 10.7. The highest BCUT2D eigenvalue weighted by atomic mass is 16.3. The lowest BCUT2D eigenvalue weighted by Gasteiger charge is -2.51. The molecule has 16 heavy (non-hydrogen) atoms. The topological polar surface area (TPSA) is 46.2 Å². The molecule has 0 heterocycles. The van der Waals surface area contributed by atoms with Gasteiger partial charge in [-0.3, -0.25) is 0 Å². The van der Waals surface area contributed by atoms with Crippen LogP contribution in [0.5, 0.6) is 0 Å². The Morgan fingerprint density at radius 3 is 2.31 bits per heavy atom. The molecule has 2 saturated carbocycles. The van der Waals surface area contributed by atoms with Crippen molar-refractivity contribution in [1.82, 2.24) is 0 Å². The summed E-state index contributed by atoms with van der Waals surface area (Å²) in [5.41, 5.74) is 5.64. The highest BCUT2D eigenvalue weighted by Gasteiger charge is 2.54. The standard InChI is InChI=1S/C14H27NO/c1-2-12-7-3-4-10-14(12,16)13(11-15)8-5-6-9-13/h12,16H,2-11,15H2,1H3. The Bertz CT molecular complexity index is 235. The lowest BCUT2D eigenvalue weighted by Crippen LogP contribution is -2.57. The molecular weight excluding hydrogens is 198 g/mol. The number of hydrogen-bond donors (Lipinski definition) is 2. The van der Waals surface area contributed by atoms with E-state index < -0.39 is 5.60 Å². The molecule has 0 saturated heterocycles. The first kappa shape index (κ1) is 12.4. The molecule has 2 fully saturated rings. The lowest BCUT2D eigenvalue weighted by atomic mass is 9.58. The molecule has 2 aliphatic rings. The van der Waals surface area contributed by atoms with Gasteiger partial charge in [-0.05, 0) is 31.6 Å². The molecule has 0 aromatic rings. The fourth-order valence-corrected chi connectivity index (χ4v) is 4.33. The van der Waals surface area contributed by atoms with Crippen LogP contribution >= 0.6 is 0 Å². The third-order valence-electron chi connectivity index (χ3n) is 5.40. The minimum Gasteiger partial charge on any atom is -0.389 e. The molecule has 0 bridgehead atoms. The van der Waals surface area contributed by atoms with Gasteiger partial charge in [0, 0.05) is 12.0 Å². The lowest BCUT2D eigenvalue weighted by molar-refractivity contribution is -0.143. The van der Waals surface area contributed by atoms with E-state index in [-0.39, 0.29) is 5.41 Å². The van der Waals surface area contributed by atoms with E-state index in [0.717, 1.165) is 25.7 Å². The maximum Gasteiger partial charge on any atom is 0.0743 e. The van der Waals surface area contributed by atoms with Crippen molar-refractivity contribution in [3.63, 3.8) is 0 Å². The van der Waals surface area contributed by atoms with Crippen molar-refractivity contribution in [2.45, 2.75) is 70.3 Å². The van der Waals surface area contributed by atoms with Gasteiger partial charge in [0.05, 0.1) is 5.60 Å². The normalized spacial score (nSPS) is 38.8. The summed E-state index contributed by atoms with van der Waals surface area (Å²) >= 11 is 0. The molecule has 0 amide bonds. The van der Waals surface area contributed by atoms with Crippen LogP contribution in [0.25, 0.3) is 0 Å². The van der Waals surface area contributed by atoms with Crippen molar-refractivity contribution in [2.24, 2.45) is 17.1 Å². The van der Waals surface area contributed by atoms with Crippen LogP contribution < -0.4 is 5.73 Å². The van der Waals surface area contributed by atoms with E-state index in [4.69, 9.17) is 5.73 Å². The van der Waals surface area contributed by atoms with Gasteiger partial charge >= 0.3 is 0 Å². The summed E-state index contributed by atoms with van der Waals surface area (Å²) in [6, 6.07) is 0. The average Bonchev–Trinajstić information content (AvgIpc) is 2.80. The maximum atomic E-state index is 11.2. The van der Waals surface area contributed by atoms with Gasteiger partial charge in [0.25, 0.3) is 0 Å². The van der Waals surface area contributed by atoms with Crippen molar-refractivity contribution < 1.29 is 5.11 Å². The minimum absolute atomic E-state index is 0.0497. The van der Waals surface area contributed by atoms with Crippen LogP contribution in [0.4, 0.5) is 0 Å². The van der Waals surface area contributed by atoms with E-state index in [9.17, 15) is 5.11 Å². The van der Waals surface area contributed by atoms with Crippen LogP contribution in [-0.4, -0.2) is 17.3 Å². The quantitative estimate of drug-likeness (QED) is 0.776. The molecule has 94 valence electrons. The molecule has 2 heteroatoms. The molecule has 2 aliphatic carbocycles. The number of aliphatic hydroxyl groups is 1. The molecule has 2 rings (SSSR count). The molecule has 2 nitrogen and oxygen atoms in total. The van der Waals surface area contributed by atoms with Gasteiger partial charge < -0.3 is 10.8 Å². The van der Waals surface area contributed by atoms with E-state index in [2.05, 4.69) is 6.92 Å². The van der Waals surface area contributed by atoms with Crippen molar-refractivity contribution in [3.05, 3.63) is 0 Å². The van der Waals surface area contributed by atoms with Gasteiger partial charge in [-0.15, -0.1) is 0 Å². The SMILES string of the molecule is CCC1CCCCC1(O)C1(CN)CCCC1. The van der Waals surface area contributed by atoms with Crippen LogP contribution in [-0.2, 0) is 0 Å². The van der Waals surface area contributed by atoms with E-state index >= 15 is 0 Å². The predicted molar refractivity (Wildman–Crippen MR) is 67.2 cm³/mol. The summed E-state index contributed by atoms with van der Waals surface area (Å²) in [5, 5.41) is 11.2. The maximum absolute atomic E-state index is 11.2. The van der Waals surface area contributed by atoms with Crippen molar-refractivity contribution in [2.75, 3.05) is 6.54 Å². The number of nitrogens with two attached hydrogens (primary N) is 1. The molecule has 0 aromatic carbocycles. The Morgan fingerprint density at radius 1 is 1.12 bits per heavy atom. The fraction of sp³-hybridized carbons (Fsp3) is 1.00. The Kier molecular flexibility index (Phi) is 3.60. The third-order valence-corrected chi connectivity index (χ3v) is 5.40. The molecule has 3 N–H and O–H groups in total. The van der Waals surface area contributed by atoms with Gasteiger partial charge in [-0.25, -0.2) is 0 Å². The molecule has 0 aromatic heterocycles. The molecule has 0 aliphatic heterocycles. The van der Waals surface area contributed by atoms with Crippen molar-refractivity contribution >= 4 is 0 Å². The average molecular weight is 225 g/mol. The van der Waals surface area contributed by atoms with Gasteiger partial charge in [-0.1, -0.05) is 39.0 Å². The summed E-state index contributed by atoms with van der Waals surface area (Å²) in [7, 11) is 0. The van der Waals surface area contributed by atoms with Crippen molar-refractivity contribution in [1.29, 1.82) is 0 Å². The van der Waals surface area contributed by atoms with Gasteiger partial charge in [0.15, 0.2) is 0 Å². The van der Waals surface area contributed by atoms with E-state index in [1.54, 1.807) is 0 Å². The first-order chi connectivity index (χ1) is 7.68. The second kappa shape index (κ2) is 4.66. The molecule has 2 atom stereocenters. The van der Waals surface area contributed by atoms with E-state index in [1.165, 1.54) is 32.1 Å². The van der Waals surface area contributed by atoms with E-state index in [0.29, 0.717) is 12.5 Å². The van der Waals surface area contributed by atoms with Gasteiger partial charge in [0.2, 0.25) is 0 Å². The summed E-state index contributed by atoms with van der Waals surface area (Å²) in [5.74, 6) is 0.489. The number of rotatable bonds is 3. The van der Waals surface area contributed by atoms with Crippen LogP contribution in [0.3, 0.4) is 0 Å². The fourth-order valence-electron chi connectivity index (χ4n) is 4.33. The summed E-state index contributed by atoms with van der Waals surface area (Å²) in [6.07, 6.45) is 10.6. The van der Waals surface area contributed by atoms with Crippen LogP contribution in [0, 0.1) is 11.3 Å². The van der Waals surface area contributed by atoms with Crippen LogP contribution in [0.2, 0.25) is 0 Å². The first-order valence-electron chi connectivity index (χ1n) is 7.11. The van der Waals surface area contributed by atoms with Gasteiger partial charge in [-0.2, -0.15) is 0 Å². The van der Waals surface area contributed by atoms with E-state index in [1.807, 2.05) is 0 Å². The summed E-state index contributed by atoms with van der Waals surface area (Å²) in [6.45, 7) is 2.90. The Labute approximate surface area is 99.6 Å². The molecule has 0 radical (unpaired) electrons. The Balaban J connectivity index is 2.25. The molecule has 2 unspecified atom stereocenters. The molecular formula is C14H27NO. The Morgan fingerprint density at radius 2 is 1.75 bits per heavy atom. The summed E-state index contributed by atoms with van der Waals surface area (Å²) in [4.78, 5) is 0. The highest BCUT2D eigenvalue weighted by Crippen LogP contribution is 2.54. The minimum atomic E-state index is -0.453. The van der Waals surface area contributed by atoms with Crippen LogP contribution in [0.1, 0.15) is 64.7 Å². The number of hydrogen-bond acceptors (Lipinski definition) is 2. The zero-order valence-corrected chi connectivity index (χ0v) is 10.7.